The lowest BCUT2D eigenvalue weighted by Crippen LogP contribution is -2.35. The molecular weight excluding hydrogens is 354 g/mol. The number of hydrogen-bond acceptors (Lipinski definition) is 5. The van der Waals surface area contributed by atoms with E-state index in [-0.39, 0.29) is 24.1 Å². The van der Waals surface area contributed by atoms with Gasteiger partial charge in [0.2, 0.25) is 5.91 Å². The van der Waals surface area contributed by atoms with Crippen LogP contribution in [-0.2, 0) is 17.8 Å². The SMILES string of the molecule is CSc1nc2ccsc2c(=O)n1CC(=O)NC1CCc2ccccc21. The summed E-state index contributed by atoms with van der Waals surface area (Å²) in [6.07, 6.45) is 3.74. The van der Waals surface area contributed by atoms with Crippen LogP contribution in [0.3, 0.4) is 0 Å². The van der Waals surface area contributed by atoms with E-state index in [0.29, 0.717) is 15.4 Å². The Bertz CT molecular complexity index is 1010. The van der Waals surface area contributed by atoms with Crippen LogP contribution in [0.4, 0.5) is 0 Å². The van der Waals surface area contributed by atoms with Crippen LogP contribution < -0.4 is 10.9 Å². The van der Waals surface area contributed by atoms with Gasteiger partial charge in [-0.05, 0) is 41.7 Å². The minimum absolute atomic E-state index is 0.00544. The molecule has 3 aromatic rings. The molecule has 7 heteroatoms. The topological polar surface area (TPSA) is 64.0 Å². The van der Waals surface area contributed by atoms with Crippen molar-refractivity contribution in [3.63, 3.8) is 0 Å². The summed E-state index contributed by atoms with van der Waals surface area (Å²) in [5, 5.41) is 5.49. The van der Waals surface area contributed by atoms with Gasteiger partial charge in [0.05, 0.1) is 11.6 Å². The highest BCUT2D eigenvalue weighted by molar-refractivity contribution is 7.98. The van der Waals surface area contributed by atoms with Gasteiger partial charge in [0.15, 0.2) is 5.16 Å². The standard InChI is InChI=1S/C18H17N3O2S2/c1-24-18-20-14-8-9-25-16(14)17(23)21(18)10-15(22)19-13-7-6-11-4-2-3-5-12(11)13/h2-5,8-9,13H,6-7,10H2,1H3,(H,19,22). The average molecular weight is 371 g/mol. The van der Waals surface area contributed by atoms with Gasteiger partial charge in [0, 0.05) is 0 Å². The third-order valence-electron chi connectivity index (χ3n) is 4.48. The summed E-state index contributed by atoms with van der Waals surface area (Å²) in [6, 6.07) is 10.0. The molecular formula is C18H17N3O2S2. The van der Waals surface area contributed by atoms with Crippen molar-refractivity contribution in [2.24, 2.45) is 0 Å². The average Bonchev–Trinajstić information content (AvgIpc) is 3.25. The van der Waals surface area contributed by atoms with Gasteiger partial charge in [-0.1, -0.05) is 36.0 Å². The van der Waals surface area contributed by atoms with Crippen molar-refractivity contribution >= 4 is 39.2 Å². The third-order valence-corrected chi connectivity index (χ3v) is 6.05. The van der Waals surface area contributed by atoms with Crippen LogP contribution in [0, 0.1) is 0 Å². The Hall–Kier alpha value is -2.12. The number of thiophene rings is 1. The normalized spacial score (nSPS) is 16.1. The molecule has 1 aliphatic rings. The minimum Gasteiger partial charge on any atom is -0.348 e. The predicted octanol–water partition coefficient (Wildman–Crippen LogP) is 2.98. The first-order chi connectivity index (χ1) is 12.2. The molecule has 0 saturated heterocycles. The van der Waals surface area contributed by atoms with Crippen LogP contribution in [0.1, 0.15) is 23.6 Å². The highest BCUT2D eigenvalue weighted by atomic mass is 32.2. The molecule has 1 N–H and O–H groups in total. The first kappa shape index (κ1) is 16.4. The summed E-state index contributed by atoms with van der Waals surface area (Å²) in [4.78, 5) is 29.7. The minimum atomic E-state index is -0.156. The number of amides is 1. The molecule has 25 heavy (non-hydrogen) atoms. The van der Waals surface area contributed by atoms with E-state index in [1.807, 2.05) is 29.8 Å². The fraction of sp³-hybridized carbons (Fsp3) is 0.278. The van der Waals surface area contributed by atoms with Crippen molar-refractivity contribution in [3.8, 4) is 0 Å². The number of nitrogens with zero attached hydrogens (tertiary/aromatic N) is 2. The van der Waals surface area contributed by atoms with Gasteiger partial charge >= 0.3 is 0 Å². The van der Waals surface area contributed by atoms with E-state index in [9.17, 15) is 9.59 Å². The highest BCUT2D eigenvalue weighted by Crippen LogP contribution is 2.30. The Balaban J connectivity index is 1.58. The Morgan fingerprint density at radius 3 is 3.08 bits per heavy atom. The molecule has 0 spiro atoms. The van der Waals surface area contributed by atoms with Crippen molar-refractivity contribution in [1.82, 2.24) is 14.9 Å². The molecule has 0 fully saturated rings. The number of carbonyl (C=O) groups excluding carboxylic acids is 1. The van der Waals surface area contributed by atoms with Crippen LogP contribution in [-0.4, -0.2) is 21.7 Å². The molecule has 1 amide bonds. The summed E-state index contributed by atoms with van der Waals surface area (Å²) in [6.45, 7) is -0.00544. The fourth-order valence-electron chi connectivity index (χ4n) is 3.31. The Morgan fingerprint density at radius 2 is 2.24 bits per heavy atom. The van der Waals surface area contributed by atoms with E-state index < -0.39 is 0 Å². The maximum Gasteiger partial charge on any atom is 0.272 e. The number of aromatic nitrogens is 2. The molecule has 0 aliphatic heterocycles. The number of thioether (sulfide) groups is 1. The van der Waals surface area contributed by atoms with E-state index in [0.717, 1.165) is 12.8 Å². The van der Waals surface area contributed by atoms with Crippen molar-refractivity contribution in [1.29, 1.82) is 0 Å². The predicted molar refractivity (Wildman–Crippen MR) is 101 cm³/mol. The lowest BCUT2D eigenvalue weighted by Gasteiger charge is -2.16. The molecule has 1 aromatic carbocycles. The summed E-state index contributed by atoms with van der Waals surface area (Å²) in [7, 11) is 0. The van der Waals surface area contributed by atoms with Crippen molar-refractivity contribution in [2.75, 3.05) is 6.26 Å². The van der Waals surface area contributed by atoms with E-state index in [1.54, 1.807) is 0 Å². The second-order valence-corrected chi connectivity index (χ2v) is 7.67. The molecule has 1 aliphatic carbocycles. The molecule has 1 atom stereocenters. The second-order valence-electron chi connectivity index (χ2n) is 5.98. The van der Waals surface area contributed by atoms with Crippen molar-refractivity contribution < 1.29 is 4.79 Å². The van der Waals surface area contributed by atoms with Crippen molar-refractivity contribution in [3.05, 3.63) is 57.2 Å². The van der Waals surface area contributed by atoms with Crippen LogP contribution in [0.15, 0.2) is 45.7 Å². The zero-order valence-electron chi connectivity index (χ0n) is 13.7. The number of benzene rings is 1. The molecule has 0 saturated carbocycles. The van der Waals surface area contributed by atoms with E-state index in [2.05, 4.69) is 22.4 Å². The molecule has 0 radical (unpaired) electrons. The lowest BCUT2D eigenvalue weighted by atomic mass is 10.1. The molecule has 5 nitrogen and oxygen atoms in total. The number of aryl methyl sites for hydroxylation is 1. The quantitative estimate of drug-likeness (QED) is 0.566. The molecule has 0 bridgehead atoms. The first-order valence-corrected chi connectivity index (χ1v) is 10.2. The van der Waals surface area contributed by atoms with Crippen LogP contribution in [0.2, 0.25) is 0 Å². The Labute approximate surface area is 153 Å². The lowest BCUT2D eigenvalue weighted by molar-refractivity contribution is -0.122. The molecule has 2 heterocycles. The largest absolute Gasteiger partial charge is 0.348 e. The number of hydrogen-bond donors (Lipinski definition) is 1. The van der Waals surface area contributed by atoms with E-state index >= 15 is 0 Å². The Kier molecular flexibility index (Phi) is 4.35. The zero-order chi connectivity index (χ0) is 17.4. The maximum absolute atomic E-state index is 12.7. The molecule has 128 valence electrons. The van der Waals surface area contributed by atoms with Gasteiger partial charge < -0.3 is 5.32 Å². The number of carbonyl (C=O) groups is 1. The molecule has 4 rings (SSSR count). The van der Waals surface area contributed by atoms with Gasteiger partial charge in [0.25, 0.3) is 5.56 Å². The van der Waals surface area contributed by atoms with Crippen LogP contribution in [0.25, 0.3) is 10.2 Å². The highest BCUT2D eigenvalue weighted by Gasteiger charge is 2.24. The van der Waals surface area contributed by atoms with Crippen molar-refractivity contribution in [2.45, 2.75) is 30.6 Å². The van der Waals surface area contributed by atoms with Crippen LogP contribution in [0.5, 0.6) is 0 Å². The van der Waals surface area contributed by atoms with Gasteiger partial charge in [0.1, 0.15) is 11.2 Å². The van der Waals surface area contributed by atoms with E-state index in [4.69, 9.17) is 0 Å². The van der Waals surface area contributed by atoms with Gasteiger partial charge in [-0.25, -0.2) is 4.98 Å². The number of fused-ring (bicyclic) bond motifs is 2. The van der Waals surface area contributed by atoms with E-state index in [1.165, 1.54) is 38.8 Å². The summed E-state index contributed by atoms with van der Waals surface area (Å²) < 4.78 is 2.07. The van der Waals surface area contributed by atoms with Crippen LogP contribution >= 0.6 is 23.1 Å². The zero-order valence-corrected chi connectivity index (χ0v) is 15.3. The van der Waals surface area contributed by atoms with Gasteiger partial charge in [-0.3, -0.25) is 14.2 Å². The number of nitrogens with one attached hydrogen (secondary N) is 1. The Morgan fingerprint density at radius 1 is 1.40 bits per heavy atom. The summed E-state index contributed by atoms with van der Waals surface area (Å²) in [5.74, 6) is -0.156. The second kappa shape index (κ2) is 6.65. The summed E-state index contributed by atoms with van der Waals surface area (Å²) >= 11 is 2.74. The van der Waals surface area contributed by atoms with Gasteiger partial charge in [-0.2, -0.15) is 0 Å². The number of rotatable bonds is 4. The monoisotopic (exact) mass is 371 g/mol. The third kappa shape index (κ3) is 2.98. The molecule has 1 unspecified atom stereocenters. The first-order valence-electron chi connectivity index (χ1n) is 8.06. The maximum atomic E-state index is 12.7. The van der Waals surface area contributed by atoms with Gasteiger partial charge in [-0.15, -0.1) is 11.3 Å². The molecule has 2 aromatic heterocycles. The summed E-state index contributed by atoms with van der Waals surface area (Å²) in [5.41, 5.74) is 3.02. The smallest absolute Gasteiger partial charge is 0.272 e. The fourth-order valence-corrected chi connectivity index (χ4v) is 4.65.